The summed E-state index contributed by atoms with van der Waals surface area (Å²) in [6.07, 6.45) is 4.75. The van der Waals surface area contributed by atoms with Gasteiger partial charge in [0.15, 0.2) is 8.32 Å². The molecule has 0 bridgehead atoms. The summed E-state index contributed by atoms with van der Waals surface area (Å²) in [5.74, 6) is -0.0559. The van der Waals surface area contributed by atoms with E-state index in [-0.39, 0.29) is 12.5 Å². The lowest BCUT2D eigenvalue weighted by Crippen LogP contribution is -2.29. The van der Waals surface area contributed by atoms with Gasteiger partial charge in [0.1, 0.15) is 0 Å². The number of phosphoric ester groups is 1. The van der Waals surface area contributed by atoms with Crippen molar-refractivity contribution in [3.05, 3.63) is 11.9 Å². The summed E-state index contributed by atoms with van der Waals surface area (Å²) >= 11 is 0. The average molecular weight is 497 g/mol. The lowest BCUT2D eigenvalue weighted by atomic mass is 10.2. The number of unbranched alkanes of at least 4 members (excludes halogenated alkanes) is 1. The van der Waals surface area contributed by atoms with Gasteiger partial charge in [-0.15, -0.1) is 5.10 Å². The minimum absolute atomic E-state index is 0.00336. The monoisotopic (exact) mass is 496 g/mol. The average Bonchev–Trinajstić information content (AvgIpc) is 3.13. The van der Waals surface area contributed by atoms with E-state index in [1.807, 2.05) is 19.3 Å². The molecule has 1 heterocycles. The number of amides is 1. The third-order valence-electron chi connectivity index (χ3n) is 4.27. The molecule has 0 aliphatic carbocycles. The van der Waals surface area contributed by atoms with Crippen LogP contribution in [-0.4, -0.2) is 83.4 Å². The van der Waals surface area contributed by atoms with Crippen molar-refractivity contribution in [1.82, 2.24) is 20.3 Å². The van der Waals surface area contributed by atoms with E-state index in [2.05, 4.69) is 20.2 Å². The zero-order valence-electron chi connectivity index (χ0n) is 18.9. The molecule has 0 saturated carbocycles. The van der Waals surface area contributed by atoms with Crippen LogP contribution >= 0.6 is 7.82 Å². The Morgan fingerprint density at radius 1 is 1.12 bits per heavy atom. The van der Waals surface area contributed by atoms with E-state index >= 15 is 0 Å². The third kappa shape index (κ3) is 17.4. The van der Waals surface area contributed by atoms with Gasteiger partial charge < -0.3 is 29.4 Å². The third-order valence-corrected chi connectivity index (χ3v) is 6.37. The van der Waals surface area contributed by atoms with Crippen LogP contribution in [0.15, 0.2) is 6.20 Å². The highest BCUT2D eigenvalue weighted by Gasteiger charge is 2.15. The fourth-order valence-corrected chi connectivity index (χ4v) is 4.05. The number of phosphoric acid groups is 1. The van der Waals surface area contributed by atoms with Crippen molar-refractivity contribution in [2.75, 3.05) is 39.6 Å². The fraction of sp³-hybridized carbons (Fsp3) is 0.833. The van der Waals surface area contributed by atoms with Crippen LogP contribution in [0.25, 0.3) is 0 Å². The van der Waals surface area contributed by atoms with Gasteiger partial charge in [0.2, 0.25) is 5.91 Å². The molecule has 0 spiro atoms. The van der Waals surface area contributed by atoms with Gasteiger partial charge in [0, 0.05) is 19.2 Å². The standard InChI is InChI=1S/C18H37N4O8PSi/c1-32(2,27)15-5-8-19-18(23)7-11-28-13-14-29-12-9-22-16-17(20-21-22)6-3-4-10-30-31(24,25)26/h16,27H,3-15H2,1-2H3,(H,19,23)(H2,24,25,26). The molecule has 0 aromatic carbocycles. The maximum absolute atomic E-state index is 11.7. The zero-order chi connectivity index (χ0) is 23.9. The summed E-state index contributed by atoms with van der Waals surface area (Å²) in [5, 5.41) is 10.9. The predicted molar refractivity (Wildman–Crippen MR) is 119 cm³/mol. The first-order chi connectivity index (χ1) is 15.1. The molecule has 0 saturated heterocycles. The molecular weight excluding hydrogens is 459 g/mol. The Hall–Kier alpha value is -1.18. The van der Waals surface area contributed by atoms with E-state index in [4.69, 9.17) is 19.3 Å². The SMILES string of the molecule is C[Si](C)(O)CCCNC(=O)CCOCCOCCn1cc(CCCCOP(=O)(O)O)nn1. The maximum Gasteiger partial charge on any atom is 0.469 e. The molecule has 14 heteroatoms. The second kappa shape index (κ2) is 15.6. The fourth-order valence-electron chi connectivity index (χ4n) is 2.64. The van der Waals surface area contributed by atoms with E-state index in [9.17, 15) is 14.2 Å². The Bertz CT molecular complexity index is 695. The summed E-state index contributed by atoms with van der Waals surface area (Å²) in [5.41, 5.74) is 0.796. The molecule has 4 N–H and O–H groups in total. The zero-order valence-corrected chi connectivity index (χ0v) is 20.8. The van der Waals surface area contributed by atoms with Gasteiger partial charge in [-0.05, 0) is 44.8 Å². The molecule has 0 atom stereocenters. The maximum atomic E-state index is 11.7. The number of carbonyl (C=O) groups excluding carboxylic acids is 1. The summed E-state index contributed by atoms with van der Waals surface area (Å²) in [6.45, 7) is 6.50. The number of ether oxygens (including phenoxy) is 2. The first-order valence-corrected chi connectivity index (χ1v) is 15.5. The van der Waals surface area contributed by atoms with Crippen molar-refractivity contribution >= 4 is 22.0 Å². The van der Waals surface area contributed by atoms with Crippen LogP contribution in [-0.2, 0) is 36.3 Å². The molecule has 1 aromatic heterocycles. The van der Waals surface area contributed by atoms with Crippen LogP contribution in [0.4, 0.5) is 0 Å². The van der Waals surface area contributed by atoms with Gasteiger partial charge in [-0.2, -0.15) is 0 Å². The van der Waals surface area contributed by atoms with E-state index < -0.39 is 16.1 Å². The Balaban J connectivity index is 1.95. The molecule has 1 rings (SSSR count). The van der Waals surface area contributed by atoms with Gasteiger partial charge in [0.25, 0.3) is 0 Å². The van der Waals surface area contributed by atoms with Gasteiger partial charge in [-0.3, -0.25) is 9.32 Å². The van der Waals surface area contributed by atoms with E-state index in [1.165, 1.54) is 0 Å². The number of hydrogen-bond donors (Lipinski definition) is 4. The molecule has 0 aliphatic rings. The molecule has 0 aliphatic heterocycles. The molecule has 12 nitrogen and oxygen atoms in total. The van der Waals surface area contributed by atoms with Crippen LogP contribution in [0.3, 0.4) is 0 Å². The lowest BCUT2D eigenvalue weighted by Gasteiger charge is -2.13. The molecule has 0 radical (unpaired) electrons. The van der Waals surface area contributed by atoms with E-state index in [0.29, 0.717) is 65.2 Å². The van der Waals surface area contributed by atoms with Crippen LogP contribution in [0.1, 0.15) is 31.4 Å². The van der Waals surface area contributed by atoms with Crippen molar-refractivity contribution < 1.29 is 37.9 Å². The number of aromatic nitrogens is 3. The first kappa shape index (κ1) is 28.8. The summed E-state index contributed by atoms with van der Waals surface area (Å²) in [7, 11) is -6.43. The summed E-state index contributed by atoms with van der Waals surface area (Å²) < 4.78 is 27.5. The Kier molecular flexibility index (Phi) is 14.1. The first-order valence-electron chi connectivity index (χ1n) is 10.8. The lowest BCUT2D eigenvalue weighted by molar-refractivity contribution is -0.122. The number of nitrogens with zero attached hydrogens (tertiary/aromatic N) is 3. The van der Waals surface area contributed by atoms with Crippen molar-refractivity contribution in [3.8, 4) is 0 Å². The van der Waals surface area contributed by atoms with Crippen molar-refractivity contribution in [2.45, 2.75) is 57.8 Å². The number of aryl methyl sites for hydroxylation is 1. The predicted octanol–water partition coefficient (Wildman–Crippen LogP) is 0.837. The molecule has 1 aromatic rings. The summed E-state index contributed by atoms with van der Waals surface area (Å²) in [4.78, 5) is 38.6. The highest BCUT2D eigenvalue weighted by molar-refractivity contribution is 7.46. The summed E-state index contributed by atoms with van der Waals surface area (Å²) in [6, 6.07) is 0.772. The van der Waals surface area contributed by atoms with Crippen LogP contribution < -0.4 is 5.32 Å². The quantitative estimate of drug-likeness (QED) is 0.122. The highest BCUT2D eigenvalue weighted by Crippen LogP contribution is 2.35. The Labute approximate surface area is 190 Å². The van der Waals surface area contributed by atoms with Gasteiger partial charge in [0.05, 0.1) is 45.3 Å². The van der Waals surface area contributed by atoms with E-state index in [0.717, 1.165) is 18.2 Å². The van der Waals surface area contributed by atoms with E-state index in [1.54, 1.807) is 4.68 Å². The van der Waals surface area contributed by atoms with Crippen LogP contribution in [0, 0.1) is 0 Å². The molecule has 186 valence electrons. The number of nitrogens with one attached hydrogen (secondary N) is 1. The smallest absolute Gasteiger partial charge is 0.432 e. The van der Waals surface area contributed by atoms with Crippen LogP contribution in [0.5, 0.6) is 0 Å². The molecular formula is C18H37N4O8PSi. The molecule has 32 heavy (non-hydrogen) atoms. The van der Waals surface area contributed by atoms with Gasteiger partial charge in [-0.25, -0.2) is 9.25 Å². The highest BCUT2D eigenvalue weighted by atomic mass is 31.2. The number of rotatable bonds is 19. The van der Waals surface area contributed by atoms with Crippen molar-refractivity contribution in [3.63, 3.8) is 0 Å². The molecule has 0 fully saturated rings. The molecule has 0 unspecified atom stereocenters. The number of hydrogen-bond acceptors (Lipinski definition) is 8. The normalized spacial score (nSPS) is 12.3. The Morgan fingerprint density at radius 3 is 2.53 bits per heavy atom. The van der Waals surface area contributed by atoms with Crippen LogP contribution in [0.2, 0.25) is 19.1 Å². The topological polar surface area (TPSA) is 165 Å². The second-order valence-electron chi connectivity index (χ2n) is 7.99. The second-order valence-corrected chi connectivity index (χ2v) is 13.4. The minimum atomic E-state index is -4.39. The van der Waals surface area contributed by atoms with Gasteiger partial charge in [-0.1, -0.05) is 5.21 Å². The van der Waals surface area contributed by atoms with Crippen molar-refractivity contribution in [1.29, 1.82) is 0 Å². The minimum Gasteiger partial charge on any atom is -0.432 e. The largest absolute Gasteiger partial charge is 0.469 e. The Morgan fingerprint density at radius 2 is 1.84 bits per heavy atom. The molecule has 1 amide bonds. The van der Waals surface area contributed by atoms with Crippen molar-refractivity contribution in [2.24, 2.45) is 0 Å². The number of carbonyl (C=O) groups is 1. The van der Waals surface area contributed by atoms with Gasteiger partial charge >= 0.3 is 7.82 Å².